The van der Waals surface area contributed by atoms with Gasteiger partial charge in [-0.05, 0) is 51.1 Å². The molecule has 0 aromatic heterocycles. The predicted octanol–water partition coefficient (Wildman–Crippen LogP) is 1.33. The van der Waals surface area contributed by atoms with Crippen molar-refractivity contribution in [1.82, 2.24) is 10.2 Å². The van der Waals surface area contributed by atoms with E-state index in [1.807, 2.05) is 0 Å². The number of nitrogens with zero attached hydrogens (tertiary/aromatic N) is 1. The summed E-state index contributed by atoms with van der Waals surface area (Å²) in [6.07, 6.45) is 9.54. The summed E-state index contributed by atoms with van der Waals surface area (Å²) in [6.45, 7) is 3.68. The molecule has 2 aliphatic heterocycles. The molecule has 17 heavy (non-hydrogen) atoms. The molecule has 1 unspecified atom stereocenters. The van der Waals surface area contributed by atoms with E-state index in [0.717, 1.165) is 18.0 Å². The third kappa shape index (κ3) is 3.01. The van der Waals surface area contributed by atoms with Crippen molar-refractivity contribution >= 4 is 0 Å². The zero-order valence-electron chi connectivity index (χ0n) is 10.9. The van der Waals surface area contributed by atoms with Gasteiger partial charge in [0.25, 0.3) is 0 Å². The van der Waals surface area contributed by atoms with Crippen molar-refractivity contribution in [2.45, 2.75) is 63.1 Å². The van der Waals surface area contributed by atoms with E-state index in [4.69, 9.17) is 5.73 Å². The number of hydrogen-bond donors (Lipinski definition) is 2. The maximum Gasteiger partial charge on any atom is 0.0122 e. The number of hydrogen-bond acceptors (Lipinski definition) is 3. The van der Waals surface area contributed by atoms with Gasteiger partial charge in [0.1, 0.15) is 0 Å². The summed E-state index contributed by atoms with van der Waals surface area (Å²) >= 11 is 0. The van der Waals surface area contributed by atoms with E-state index in [9.17, 15) is 0 Å². The molecule has 1 saturated carbocycles. The van der Waals surface area contributed by atoms with Crippen molar-refractivity contribution in [2.75, 3.05) is 19.6 Å². The van der Waals surface area contributed by atoms with Gasteiger partial charge in [0.15, 0.2) is 0 Å². The molecule has 0 spiro atoms. The van der Waals surface area contributed by atoms with E-state index < -0.39 is 0 Å². The minimum Gasteiger partial charge on any atom is -0.328 e. The molecule has 0 radical (unpaired) electrons. The first-order valence-corrected chi connectivity index (χ1v) is 7.55. The lowest BCUT2D eigenvalue weighted by Crippen LogP contribution is -2.54. The highest BCUT2D eigenvalue weighted by molar-refractivity contribution is 4.92. The largest absolute Gasteiger partial charge is 0.328 e. The molecule has 0 aromatic rings. The zero-order valence-corrected chi connectivity index (χ0v) is 10.9. The van der Waals surface area contributed by atoms with E-state index >= 15 is 0 Å². The molecular formula is C14H27N3. The van der Waals surface area contributed by atoms with Crippen LogP contribution in [0.2, 0.25) is 0 Å². The average molecular weight is 237 g/mol. The summed E-state index contributed by atoms with van der Waals surface area (Å²) in [6, 6.07) is 2.11. The van der Waals surface area contributed by atoms with E-state index in [2.05, 4.69) is 10.2 Å². The van der Waals surface area contributed by atoms with E-state index in [-0.39, 0.29) is 0 Å². The van der Waals surface area contributed by atoms with Crippen LogP contribution in [0.4, 0.5) is 0 Å². The fraction of sp³-hybridized carbons (Fsp3) is 1.00. The van der Waals surface area contributed by atoms with Gasteiger partial charge < -0.3 is 11.1 Å². The Morgan fingerprint density at radius 3 is 2.53 bits per heavy atom. The molecule has 3 rings (SSSR count). The summed E-state index contributed by atoms with van der Waals surface area (Å²) in [5.74, 6) is 1.04. The van der Waals surface area contributed by atoms with Crippen LogP contribution in [0, 0.1) is 5.92 Å². The highest BCUT2D eigenvalue weighted by Gasteiger charge is 2.35. The lowest BCUT2D eigenvalue weighted by molar-refractivity contribution is 0.0609. The van der Waals surface area contributed by atoms with Crippen LogP contribution in [0.5, 0.6) is 0 Å². The zero-order chi connectivity index (χ0) is 11.7. The van der Waals surface area contributed by atoms with Crippen LogP contribution in [0.25, 0.3) is 0 Å². The molecule has 3 fully saturated rings. The summed E-state index contributed by atoms with van der Waals surface area (Å²) in [7, 11) is 0. The highest BCUT2D eigenvalue weighted by Crippen LogP contribution is 2.37. The maximum absolute atomic E-state index is 6.17. The van der Waals surface area contributed by atoms with Gasteiger partial charge in [-0.3, -0.25) is 4.90 Å². The second kappa shape index (κ2) is 5.25. The molecule has 3 N–H and O–H groups in total. The Bertz CT molecular complexity index is 244. The van der Waals surface area contributed by atoms with Gasteiger partial charge in [-0.25, -0.2) is 0 Å². The molecular weight excluding hydrogens is 210 g/mol. The number of piperidine rings is 2. The van der Waals surface area contributed by atoms with Gasteiger partial charge in [0.2, 0.25) is 0 Å². The van der Waals surface area contributed by atoms with Crippen LogP contribution < -0.4 is 11.1 Å². The third-order valence-corrected chi connectivity index (χ3v) is 4.88. The fourth-order valence-corrected chi connectivity index (χ4v) is 3.69. The Labute approximate surface area is 105 Å². The second-order valence-corrected chi connectivity index (χ2v) is 6.34. The Kier molecular flexibility index (Phi) is 3.69. The summed E-state index contributed by atoms with van der Waals surface area (Å²) in [5.41, 5.74) is 6.17. The van der Waals surface area contributed by atoms with E-state index in [0.29, 0.717) is 6.04 Å². The molecule has 0 aromatic carbocycles. The normalized spacial score (nSPS) is 37.2. The van der Waals surface area contributed by atoms with Gasteiger partial charge in [0, 0.05) is 24.7 Å². The number of nitrogens with two attached hydrogens (primary N) is 1. The minimum atomic E-state index is 0.469. The number of nitrogens with one attached hydrogen (secondary N) is 1. The summed E-state index contributed by atoms with van der Waals surface area (Å²) in [5, 5.41) is 3.48. The quantitative estimate of drug-likeness (QED) is 0.778. The third-order valence-electron chi connectivity index (χ3n) is 4.88. The molecule has 2 saturated heterocycles. The lowest BCUT2D eigenvalue weighted by Gasteiger charge is -2.44. The Morgan fingerprint density at radius 2 is 1.82 bits per heavy atom. The first kappa shape index (κ1) is 11.9. The SMILES string of the molecule is NC1CCN(C2CCNCC2)[C@H](CC2CC2)C1. The van der Waals surface area contributed by atoms with Crippen molar-refractivity contribution in [3.05, 3.63) is 0 Å². The minimum absolute atomic E-state index is 0.469. The standard InChI is InChI=1S/C14H27N3/c15-12-5-8-17(13-3-6-16-7-4-13)14(10-12)9-11-1-2-11/h11-14,16H,1-10,15H2/t12?,14-/m1/s1. The molecule has 0 bridgehead atoms. The van der Waals surface area contributed by atoms with Crippen LogP contribution in [-0.4, -0.2) is 42.7 Å². The van der Waals surface area contributed by atoms with Gasteiger partial charge >= 0.3 is 0 Å². The van der Waals surface area contributed by atoms with Crippen molar-refractivity contribution in [3.8, 4) is 0 Å². The molecule has 3 aliphatic rings. The van der Waals surface area contributed by atoms with E-state index in [1.165, 1.54) is 64.6 Å². The van der Waals surface area contributed by atoms with Crippen molar-refractivity contribution in [2.24, 2.45) is 11.7 Å². The second-order valence-electron chi connectivity index (χ2n) is 6.34. The Balaban J connectivity index is 1.61. The molecule has 2 heterocycles. The number of rotatable bonds is 3. The molecule has 98 valence electrons. The van der Waals surface area contributed by atoms with Crippen LogP contribution in [-0.2, 0) is 0 Å². The van der Waals surface area contributed by atoms with Crippen molar-refractivity contribution in [3.63, 3.8) is 0 Å². The summed E-state index contributed by atoms with van der Waals surface area (Å²) < 4.78 is 0. The van der Waals surface area contributed by atoms with Crippen LogP contribution in [0.15, 0.2) is 0 Å². The van der Waals surface area contributed by atoms with Gasteiger partial charge in [-0.1, -0.05) is 12.8 Å². The first-order valence-electron chi connectivity index (χ1n) is 7.55. The van der Waals surface area contributed by atoms with Gasteiger partial charge in [-0.2, -0.15) is 0 Å². The fourth-order valence-electron chi connectivity index (χ4n) is 3.69. The van der Waals surface area contributed by atoms with Crippen LogP contribution >= 0.6 is 0 Å². The number of likely N-dealkylation sites (tertiary alicyclic amines) is 1. The Morgan fingerprint density at radius 1 is 1.06 bits per heavy atom. The topological polar surface area (TPSA) is 41.3 Å². The maximum atomic E-state index is 6.17. The van der Waals surface area contributed by atoms with E-state index in [1.54, 1.807) is 0 Å². The molecule has 2 atom stereocenters. The predicted molar refractivity (Wildman–Crippen MR) is 70.9 cm³/mol. The lowest BCUT2D eigenvalue weighted by atomic mass is 9.90. The monoisotopic (exact) mass is 237 g/mol. The van der Waals surface area contributed by atoms with Crippen LogP contribution in [0.1, 0.15) is 44.9 Å². The first-order chi connectivity index (χ1) is 8.33. The Hall–Kier alpha value is -0.120. The molecule has 0 amide bonds. The van der Waals surface area contributed by atoms with Gasteiger partial charge in [0.05, 0.1) is 0 Å². The van der Waals surface area contributed by atoms with Crippen molar-refractivity contribution in [1.29, 1.82) is 0 Å². The molecule has 3 nitrogen and oxygen atoms in total. The van der Waals surface area contributed by atoms with Crippen molar-refractivity contribution < 1.29 is 0 Å². The highest BCUT2D eigenvalue weighted by atomic mass is 15.2. The molecule has 3 heteroatoms. The smallest absolute Gasteiger partial charge is 0.0122 e. The molecule has 1 aliphatic carbocycles. The summed E-state index contributed by atoms with van der Waals surface area (Å²) in [4.78, 5) is 2.82. The van der Waals surface area contributed by atoms with Gasteiger partial charge in [-0.15, -0.1) is 0 Å². The van der Waals surface area contributed by atoms with Crippen LogP contribution in [0.3, 0.4) is 0 Å². The average Bonchev–Trinajstić information content (AvgIpc) is 3.14.